The Kier molecular flexibility index (Phi) is 3.51. The van der Waals surface area contributed by atoms with Gasteiger partial charge in [0, 0.05) is 12.1 Å². The molecule has 3 aromatic rings. The van der Waals surface area contributed by atoms with Crippen LogP contribution in [-0.4, -0.2) is 34.5 Å². The molecule has 0 spiro atoms. The van der Waals surface area contributed by atoms with Crippen molar-refractivity contribution in [2.75, 3.05) is 13.2 Å². The lowest BCUT2D eigenvalue weighted by Gasteiger charge is -2.26. The number of fused-ring (bicyclic) bond motifs is 2. The molecule has 2 N–H and O–H groups in total. The largest absolute Gasteiger partial charge is 0.371 e. The zero-order chi connectivity index (χ0) is 15.6. The van der Waals surface area contributed by atoms with Crippen molar-refractivity contribution < 1.29 is 9.53 Å². The van der Waals surface area contributed by atoms with Crippen molar-refractivity contribution in [2.45, 2.75) is 12.5 Å². The summed E-state index contributed by atoms with van der Waals surface area (Å²) >= 11 is 0. The highest BCUT2D eigenvalue weighted by atomic mass is 16.5. The van der Waals surface area contributed by atoms with Gasteiger partial charge in [-0.3, -0.25) is 4.79 Å². The highest BCUT2D eigenvalue weighted by Crippen LogP contribution is 2.26. The number of nitrogens with zero attached hydrogens (tertiary/aromatic N) is 2. The summed E-state index contributed by atoms with van der Waals surface area (Å²) in [7, 11) is 0. The van der Waals surface area contributed by atoms with Crippen molar-refractivity contribution in [1.29, 1.82) is 0 Å². The van der Waals surface area contributed by atoms with Gasteiger partial charge in [0.15, 0.2) is 0 Å². The van der Waals surface area contributed by atoms with Gasteiger partial charge in [0.25, 0.3) is 5.91 Å². The standard InChI is InChI=1S/C17H16N4O2/c22-17(12-5-6-14-15(9-12)20-21-19-14)18-10-16-13-4-2-1-3-11(13)7-8-23-16/h1-6,9,16H,7-8,10H2,(H,18,22)(H,19,20,21). The Bertz CT molecular complexity index is 858. The summed E-state index contributed by atoms with van der Waals surface area (Å²) in [6, 6.07) is 13.5. The van der Waals surface area contributed by atoms with Crippen LogP contribution in [0.1, 0.15) is 27.6 Å². The van der Waals surface area contributed by atoms with Crippen molar-refractivity contribution in [3.05, 3.63) is 59.2 Å². The summed E-state index contributed by atoms with van der Waals surface area (Å²) in [6.07, 6.45) is 0.823. The van der Waals surface area contributed by atoms with E-state index in [-0.39, 0.29) is 12.0 Å². The van der Waals surface area contributed by atoms with E-state index in [9.17, 15) is 4.79 Å². The van der Waals surface area contributed by atoms with E-state index in [0.29, 0.717) is 24.2 Å². The number of H-pyrrole nitrogens is 1. The van der Waals surface area contributed by atoms with Crippen LogP contribution < -0.4 is 5.32 Å². The Labute approximate surface area is 132 Å². The van der Waals surface area contributed by atoms with Gasteiger partial charge in [0.1, 0.15) is 17.1 Å². The number of benzene rings is 2. The van der Waals surface area contributed by atoms with Crippen LogP contribution in [0, 0.1) is 0 Å². The number of hydrogen-bond donors (Lipinski definition) is 2. The Morgan fingerprint density at radius 2 is 2.09 bits per heavy atom. The van der Waals surface area contributed by atoms with E-state index in [2.05, 4.69) is 32.9 Å². The second-order valence-electron chi connectivity index (χ2n) is 5.55. The van der Waals surface area contributed by atoms with Gasteiger partial charge in [-0.1, -0.05) is 24.3 Å². The van der Waals surface area contributed by atoms with Gasteiger partial charge in [-0.25, -0.2) is 0 Å². The molecule has 6 heteroatoms. The molecule has 1 unspecified atom stereocenters. The normalized spacial score (nSPS) is 17.0. The molecule has 4 rings (SSSR count). The zero-order valence-corrected chi connectivity index (χ0v) is 12.5. The van der Waals surface area contributed by atoms with Gasteiger partial charge in [0.05, 0.1) is 6.61 Å². The third kappa shape index (κ3) is 2.68. The fraction of sp³-hybridized carbons (Fsp3) is 0.235. The van der Waals surface area contributed by atoms with Gasteiger partial charge < -0.3 is 10.1 Å². The third-order valence-electron chi connectivity index (χ3n) is 4.12. The number of amides is 1. The second kappa shape index (κ2) is 5.81. The van der Waals surface area contributed by atoms with E-state index in [1.54, 1.807) is 18.2 Å². The first-order valence-electron chi connectivity index (χ1n) is 7.59. The molecule has 0 radical (unpaired) electrons. The zero-order valence-electron chi connectivity index (χ0n) is 12.5. The Morgan fingerprint density at radius 1 is 1.22 bits per heavy atom. The molecule has 116 valence electrons. The van der Waals surface area contributed by atoms with Crippen molar-refractivity contribution in [3.63, 3.8) is 0 Å². The number of aromatic nitrogens is 3. The fourth-order valence-corrected chi connectivity index (χ4v) is 2.91. The third-order valence-corrected chi connectivity index (χ3v) is 4.12. The lowest BCUT2D eigenvalue weighted by molar-refractivity contribution is 0.0411. The van der Waals surface area contributed by atoms with E-state index >= 15 is 0 Å². The number of carbonyl (C=O) groups excluding carboxylic acids is 1. The minimum Gasteiger partial charge on any atom is -0.371 e. The lowest BCUT2D eigenvalue weighted by Crippen LogP contribution is -2.31. The van der Waals surface area contributed by atoms with Crippen LogP contribution in [0.25, 0.3) is 11.0 Å². The summed E-state index contributed by atoms with van der Waals surface area (Å²) in [5.41, 5.74) is 4.44. The molecule has 0 fully saturated rings. The first-order chi connectivity index (χ1) is 11.3. The van der Waals surface area contributed by atoms with Crippen molar-refractivity contribution in [1.82, 2.24) is 20.7 Å². The molecular weight excluding hydrogens is 292 g/mol. The quantitative estimate of drug-likeness (QED) is 0.775. The fourth-order valence-electron chi connectivity index (χ4n) is 2.91. The molecule has 1 aromatic heterocycles. The minimum atomic E-state index is -0.137. The smallest absolute Gasteiger partial charge is 0.251 e. The molecule has 1 atom stereocenters. The van der Waals surface area contributed by atoms with Gasteiger partial charge in [-0.15, -0.1) is 0 Å². The van der Waals surface area contributed by atoms with Gasteiger partial charge in [-0.2, -0.15) is 15.4 Å². The number of aromatic amines is 1. The van der Waals surface area contributed by atoms with Crippen LogP contribution >= 0.6 is 0 Å². The Hall–Kier alpha value is -2.73. The van der Waals surface area contributed by atoms with Crippen molar-refractivity contribution in [2.24, 2.45) is 0 Å². The number of ether oxygens (including phenoxy) is 1. The molecule has 0 saturated heterocycles. The van der Waals surface area contributed by atoms with E-state index in [1.807, 2.05) is 12.1 Å². The van der Waals surface area contributed by atoms with Gasteiger partial charge >= 0.3 is 0 Å². The SMILES string of the molecule is O=C(NCC1OCCc2ccccc21)c1ccc2n[nH]nc2c1. The highest BCUT2D eigenvalue weighted by Gasteiger charge is 2.21. The molecule has 0 bridgehead atoms. The maximum Gasteiger partial charge on any atom is 0.251 e. The molecule has 1 aliphatic heterocycles. The predicted molar refractivity (Wildman–Crippen MR) is 85.1 cm³/mol. The monoisotopic (exact) mass is 308 g/mol. The first-order valence-corrected chi connectivity index (χ1v) is 7.59. The molecule has 0 saturated carbocycles. The van der Waals surface area contributed by atoms with Crippen molar-refractivity contribution >= 4 is 16.9 Å². The van der Waals surface area contributed by atoms with Gasteiger partial charge in [-0.05, 0) is 35.7 Å². The molecule has 2 heterocycles. The highest BCUT2D eigenvalue weighted by molar-refractivity contribution is 5.97. The Balaban J connectivity index is 1.47. The van der Waals surface area contributed by atoms with Crippen LogP contribution in [-0.2, 0) is 11.2 Å². The van der Waals surface area contributed by atoms with E-state index < -0.39 is 0 Å². The van der Waals surface area contributed by atoms with Crippen LogP contribution in [0.2, 0.25) is 0 Å². The van der Waals surface area contributed by atoms with Crippen LogP contribution in [0.15, 0.2) is 42.5 Å². The van der Waals surface area contributed by atoms with E-state index in [4.69, 9.17) is 4.74 Å². The van der Waals surface area contributed by atoms with Crippen molar-refractivity contribution in [3.8, 4) is 0 Å². The molecule has 1 aliphatic rings. The minimum absolute atomic E-state index is 0.0975. The molecule has 6 nitrogen and oxygen atoms in total. The summed E-state index contributed by atoms with van der Waals surface area (Å²) in [4.78, 5) is 12.3. The summed E-state index contributed by atoms with van der Waals surface area (Å²) < 4.78 is 5.81. The molecule has 2 aromatic carbocycles. The maximum atomic E-state index is 12.3. The summed E-state index contributed by atoms with van der Waals surface area (Å²) in [5, 5.41) is 13.5. The average molecular weight is 308 g/mol. The van der Waals surface area contributed by atoms with Crippen LogP contribution in [0.3, 0.4) is 0 Å². The van der Waals surface area contributed by atoms with Crippen LogP contribution in [0.4, 0.5) is 0 Å². The number of hydrogen-bond acceptors (Lipinski definition) is 4. The molecule has 1 amide bonds. The molecule has 0 aliphatic carbocycles. The Morgan fingerprint density at radius 3 is 3.04 bits per heavy atom. The molecular formula is C17H16N4O2. The number of carbonyl (C=O) groups is 1. The maximum absolute atomic E-state index is 12.3. The second-order valence-corrected chi connectivity index (χ2v) is 5.55. The summed E-state index contributed by atoms with van der Waals surface area (Å²) in [5.74, 6) is -0.137. The lowest BCUT2D eigenvalue weighted by atomic mass is 9.97. The topological polar surface area (TPSA) is 79.9 Å². The first kappa shape index (κ1) is 13.9. The number of nitrogens with one attached hydrogen (secondary N) is 2. The average Bonchev–Trinajstić information content (AvgIpc) is 3.07. The molecule has 23 heavy (non-hydrogen) atoms. The van der Waals surface area contributed by atoms with E-state index in [1.165, 1.54) is 5.56 Å². The van der Waals surface area contributed by atoms with Gasteiger partial charge in [0.2, 0.25) is 0 Å². The summed E-state index contributed by atoms with van der Waals surface area (Å²) in [6.45, 7) is 1.13. The van der Waals surface area contributed by atoms with Crippen LogP contribution in [0.5, 0.6) is 0 Å². The number of rotatable bonds is 3. The van der Waals surface area contributed by atoms with E-state index in [0.717, 1.165) is 17.5 Å². The predicted octanol–water partition coefficient (Wildman–Crippen LogP) is 2.00.